The first-order chi connectivity index (χ1) is 18.0. The summed E-state index contributed by atoms with van der Waals surface area (Å²) in [4.78, 5) is 18.4. The Kier molecular flexibility index (Phi) is 7.88. The number of ether oxygens (including phenoxy) is 2. The largest absolute Gasteiger partial charge is 0.493 e. The Morgan fingerprint density at radius 1 is 1.08 bits per heavy atom. The standard InChI is InChI=1S/C30H30IN3O3/c1-20-12-14-21(15-13-20)19-37-28-25(31)16-22(17-27(28)36-2)18-32-34-29(23-8-4-3-5-9-23)33-26-11-7-6-10-24(26)30(34)35/h6-7,10-18,23H,3-5,8-9,19H2,1-2H3. The smallest absolute Gasteiger partial charge is 0.282 e. The number of hydrogen-bond acceptors (Lipinski definition) is 5. The summed E-state index contributed by atoms with van der Waals surface area (Å²) >= 11 is 2.25. The van der Waals surface area contributed by atoms with Crippen molar-refractivity contribution in [3.8, 4) is 11.5 Å². The lowest BCUT2D eigenvalue weighted by Gasteiger charge is -2.22. The maximum atomic E-state index is 13.5. The number of hydrogen-bond donors (Lipinski definition) is 0. The van der Waals surface area contributed by atoms with E-state index < -0.39 is 0 Å². The van der Waals surface area contributed by atoms with Crippen LogP contribution in [0.1, 0.15) is 60.5 Å². The number of aryl methyl sites for hydroxylation is 1. The minimum absolute atomic E-state index is 0.137. The van der Waals surface area contributed by atoms with Gasteiger partial charge >= 0.3 is 0 Å². The fourth-order valence-corrected chi connectivity index (χ4v) is 5.58. The molecule has 1 heterocycles. The molecule has 1 saturated carbocycles. The highest BCUT2D eigenvalue weighted by atomic mass is 127. The molecule has 37 heavy (non-hydrogen) atoms. The van der Waals surface area contributed by atoms with Gasteiger partial charge in [-0.3, -0.25) is 4.79 Å². The van der Waals surface area contributed by atoms with E-state index in [0.717, 1.165) is 51.7 Å². The van der Waals surface area contributed by atoms with Crippen molar-refractivity contribution in [1.29, 1.82) is 0 Å². The molecule has 0 bridgehead atoms. The van der Waals surface area contributed by atoms with E-state index in [1.165, 1.54) is 16.7 Å². The van der Waals surface area contributed by atoms with Crippen molar-refractivity contribution in [2.75, 3.05) is 7.11 Å². The summed E-state index contributed by atoms with van der Waals surface area (Å²) in [5.74, 6) is 2.29. The molecule has 0 saturated heterocycles. The third-order valence-corrected chi connectivity index (χ3v) is 7.63. The van der Waals surface area contributed by atoms with Crippen LogP contribution >= 0.6 is 22.6 Å². The summed E-state index contributed by atoms with van der Waals surface area (Å²) in [7, 11) is 1.63. The molecule has 0 atom stereocenters. The van der Waals surface area contributed by atoms with Gasteiger partial charge in [0.2, 0.25) is 0 Å². The summed E-state index contributed by atoms with van der Waals surface area (Å²) in [6.07, 6.45) is 7.29. The molecule has 190 valence electrons. The molecule has 5 rings (SSSR count). The predicted molar refractivity (Wildman–Crippen MR) is 156 cm³/mol. The zero-order valence-corrected chi connectivity index (χ0v) is 23.3. The summed E-state index contributed by atoms with van der Waals surface area (Å²) in [6, 6.07) is 19.6. The Balaban J connectivity index is 1.47. The first-order valence-electron chi connectivity index (χ1n) is 12.7. The molecule has 4 aromatic rings. The van der Waals surface area contributed by atoms with Gasteiger partial charge in [-0.25, -0.2) is 4.98 Å². The third kappa shape index (κ3) is 5.71. The lowest BCUT2D eigenvalue weighted by Crippen LogP contribution is -2.25. The maximum absolute atomic E-state index is 13.5. The number of benzene rings is 3. The Morgan fingerprint density at radius 3 is 2.59 bits per heavy atom. The highest BCUT2D eigenvalue weighted by molar-refractivity contribution is 14.1. The molecule has 0 N–H and O–H groups in total. The number of halogens is 1. The van der Waals surface area contributed by atoms with Crippen LogP contribution in [0.5, 0.6) is 11.5 Å². The van der Waals surface area contributed by atoms with Gasteiger partial charge in [-0.1, -0.05) is 61.2 Å². The SMILES string of the molecule is COc1cc(C=Nn2c(C3CCCCC3)nc3ccccc3c2=O)cc(I)c1OCc1ccc(C)cc1. The van der Waals surface area contributed by atoms with Gasteiger partial charge < -0.3 is 9.47 Å². The number of aromatic nitrogens is 2. The second-order valence-corrected chi connectivity index (χ2v) is 10.7. The van der Waals surface area contributed by atoms with Crippen LogP contribution in [0.3, 0.4) is 0 Å². The predicted octanol–water partition coefficient (Wildman–Crippen LogP) is 6.83. The molecule has 0 amide bonds. The minimum Gasteiger partial charge on any atom is -0.493 e. The highest BCUT2D eigenvalue weighted by Crippen LogP contribution is 2.35. The van der Waals surface area contributed by atoms with Crippen molar-refractivity contribution in [2.45, 2.75) is 51.6 Å². The van der Waals surface area contributed by atoms with Crippen LogP contribution in [0, 0.1) is 10.5 Å². The second-order valence-electron chi connectivity index (χ2n) is 9.49. The average Bonchev–Trinajstić information content (AvgIpc) is 2.93. The summed E-state index contributed by atoms with van der Waals surface area (Å²) in [5.41, 5.74) is 3.71. The van der Waals surface area contributed by atoms with E-state index in [0.29, 0.717) is 23.5 Å². The van der Waals surface area contributed by atoms with Gasteiger partial charge in [0.1, 0.15) is 12.4 Å². The molecule has 0 radical (unpaired) electrons. The molecular weight excluding hydrogens is 577 g/mol. The van der Waals surface area contributed by atoms with Crippen molar-refractivity contribution >= 4 is 39.7 Å². The zero-order valence-electron chi connectivity index (χ0n) is 21.1. The van der Waals surface area contributed by atoms with E-state index in [-0.39, 0.29) is 11.5 Å². The Morgan fingerprint density at radius 2 is 1.84 bits per heavy atom. The fourth-order valence-electron chi connectivity index (χ4n) is 4.80. The molecular formula is C30H30IN3O3. The quantitative estimate of drug-likeness (QED) is 0.171. The topological polar surface area (TPSA) is 65.7 Å². The monoisotopic (exact) mass is 607 g/mol. The van der Waals surface area contributed by atoms with Gasteiger partial charge in [-0.2, -0.15) is 9.78 Å². The zero-order chi connectivity index (χ0) is 25.8. The Bertz CT molecular complexity index is 1490. The average molecular weight is 607 g/mol. The number of fused-ring (bicyclic) bond motifs is 1. The molecule has 1 aliphatic carbocycles. The van der Waals surface area contributed by atoms with Crippen molar-refractivity contribution < 1.29 is 9.47 Å². The lowest BCUT2D eigenvalue weighted by atomic mass is 9.88. The van der Waals surface area contributed by atoms with Crippen LogP contribution in [-0.2, 0) is 6.61 Å². The summed E-state index contributed by atoms with van der Waals surface area (Å²) in [5, 5.41) is 5.24. The van der Waals surface area contributed by atoms with Crippen LogP contribution in [-0.4, -0.2) is 23.0 Å². The molecule has 7 heteroatoms. The van der Waals surface area contributed by atoms with Crippen molar-refractivity contribution in [2.24, 2.45) is 5.10 Å². The molecule has 3 aromatic carbocycles. The van der Waals surface area contributed by atoms with Crippen LogP contribution in [0.4, 0.5) is 0 Å². The van der Waals surface area contributed by atoms with Gasteiger partial charge in [0.25, 0.3) is 5.56 Å². The van der Waals surface area contributed by atoms with Crippen molar-refractivity contribution in [3.05, 3.63) is 97.1 Å². The van der Waals surface area contributed by atoms with Gasteiger partial charge in [0.15, 0.2) is 11.5 Å². The van der Waals surface area contributed by atoms with Crippen molar-refractivity contribution in [1.82, 2.24) is 9.66 Å². The number of nitrogens with zero attached hydrogens (tertiary/aromatic N) is 3. The molecule has 1 aromatic heterocycles. The maximum Gasteiger partial charge on any atom is 0.282 e. The Hall–Kier alpha value is -3.20. The van der Waals surface area contributed by atoms with Crippen LogP contribution in [0.2, 0.25) is 0 Å². The van der Waals surface area contributed by atoms with Crippen molar-refractivity contribution in [3.63, 3.8) is 0 Å². The molecule has 1 fully saturated rings. The van der Waals surface area contributed by atoms with Gasteiger partial charge in [-0.15, -0.1) is 0 Å². The summed E-state index contributed by atoms with van der Waals surface area (Å²) in [6.45, 7) is 2.51. The Labute approximate surface area is 230 Å². The van der Waals surface area contributed by atoms with E-state index in [4.69, 9.17) is 14.5 Å². The second kappa shape index (κ2) is 11.5. The molecule has 0 aliphatic heterocycles. The van der Waals surface area contributed by atoms with E-state index in [9.17, 15) is 4.79 Å². The molecule has 0 spiro atoms. The minimum atomic E-state index is -0.137. The highest BCUT2D eigenvalue weighted by Gasteiger charge is 2.22. The van der Waals surface area contributed by atoms with Crippen LogP contribution in [0.25, 0.3) is 10.9 Å². The number of rotatable bonds is 7. The van der Waals surface area contributed by atoms with E-state index in [1.54, 1.807) is 13.3 Å². The molecule has 1 aliphatic rings. The fraction of sp³-hybridized carbons (Fsp3) is 0.300. The normalized spacial score (nSPS) is 14.4. The molecule has 0 unspecified atom stereocenters. The number of para-hydroxylation sites is 1. The van der Waals surface area contributed by atoms with E-state index in [2.05, 4.69) is 58.9 Å². The van der Waals surface area contributed by atoms with Gasteiger partial charge in [-0.05, 0) is 77.7 Å². The third-order valence-electron chi connectivity index (χ3n) is 6.83. The van der Waals surface area contributed by atoms with E-state index in [1.807, 2.05) is 36.4 Å². The van der Waals surface area contributed by atoms with Crippen LogP contribution < -0.4 is 15.0 Å². The molecule has 6 nitrogen and oxygen atoms in total. The van der Waals surface area contributed by atoms with Gasteiger partial charge in [0.05, 0.1) is 27.8 Å². The first-order valence-corrected chi connectivity index (χ1v) is 13.7. The van der Waals surface area contributed by atoms with E-state index >= 15 is 0 Å². The van der Waals surface area contributed by atoms with Gasteiger partial charge in [0, 0.05) is 5.92 Å². The number of methoxy groups -OCH3 is 1. The van der Waals surface area contributed by atoms with Crippen LogP contribution in [0.15, 0.2) is 70.6 Å². The summed E-state index contributed by atoms with van der Waals surface area (Å²) < 4.78 is 14.2. The first kappa shape index (κ1) is 25.4. The lowest BCUT2D eigenvalue weighted by molar-refractivity contribution is 0.282.